The smallest absolute Gasteiger partial charge is 0.339 e. The Hall–Kier alpha value is -1.88. The number of aromatic nitrogens is 1. The van der Waals surface area contributed by atoms with Crippen molar-refractivity contribution in [2.45, 2.75) is 4.90 Å². The molecule has 1 heterocycles. The summed E-state index contributed by atoms with van der Waals surface area (Å²) in [5.74, 6) is 0.200. The molecule has 0 spiro atoms. The Kier molecular flexibility index (Phi) is 2.87. The average molecular weight is 235 g/mol. The maximum absolute atomic E-state index is 11.8. The molecule has 0 aliphatic rings. The van der Waals surface area contributed by atoms with Crippen molar-refractivity contribution in [3.8, 4) is 5.75 Å². The van der Waals surface area contributed by atoms with Gasteiger partial charge in [0.05, 0.1) is 6.20 Å². The predicted molar refractivity (Wildman–Crippen MR) is 58.5 cm³/mol. The topological polar surface area (TPSA) is 56.3 Å². The molecule has 2 rings (SSSR count). The first kappa shape index (κ1) is 10.6. The Labute approximate surface area is 93.7 Å². The van der Waals surface area contributed by atoms with E-state index in [2.05, 4.69) is 4.98 Å². The predicted octanol–water partition coefficient (Wildman–Crippen LogP) is 1.85. The van der Waals surface area contributed by atoms with Crippen molar-refractivity contribution in [2.75, 3.05) is 0 Å². The number of nitrogens with zero attached hydrogens (tertiary/aromatic N) is 1. The number of hydrogen-bond donors (Lipinski definition) is 0. The van der Waals surface area contributed by atoms with Gasteiger partial charge in [-0.3, -0.25) is 4.98 Å². The molecule has 0 saturated carbocycles. The summed E-state index contributed by atoms with van der Waals surface area (Å²) in [5.41, 5.74) is 0. The minimum Gasteiger partial charge on any atom is -0.377 e. The van der Waals surface area contributed by atoms with Gasteiger partial charge in [0.25, 0.3) is 0 Å². The highest BCUT2D eigenvalue weighted by Crippen LogP contribution is 2.16. The molecular formula is C11H9NO3S. The molecule has 5 heteroatoms. The summed E-state index contributed by atoms with van der Waals surface area (Å²) in [4.78, 5) is 3.90. The van der Waals surface area contributed by atoms with Crippen molar-refractivity contribution >= 4 is 10.1 Å². The molecule has 0 N–H and O–H groups in total. The number of hydrogen-bond acceptors (Lipinski definition) is 4. The van der Waals surface area contributed by atoms with Crippen LogP contribution in [0.4, 0.5) is 0 Å². The molecule has 0 atom stereocenters. The molecule has 0 radical (unpaired) electrons. The molecule has 0 amide bonds. The minimum atomic E-state index is -3.75. The van der Waals surface area contributed by atoms with Gasteiger partial charge in [0, 0.05) is 6.20 Å². The van der Waals surface area contributed by atoms with Gasteiger partial charge in [0.1, 0.15) is 4.90 Å². The second-order valence-electron chi connectivity index (χ2n) is 3.04. The first-order valence-corrected chi connectivity index (χ1v) is 5.99. The van der Waals surface area contributed by atoms with E-state index in [1.807, 2.05) is 0 Å². The summed E-state index contributed by atoms with van der Waals surface area (Å²) in [6.07, 6.45) is 2.89. The third kappa shape index (κ3) is 2.38. The zero-order valence-electron chi connectivity index (χ0n) is 8.28. The first-order valence-electron chi connectivity index (χ1n) is 4.58. The maximum Gasteiger partial charge on any atom is 0.339 e. The van der Waals surface area contributed by atoms with E-state index in [0.29, 0.717) is 0 Å². The second-order valence-corrected chi connectivity index (χ2v) is 4.59. The molecule has 0 saturated heterocycles. The van der Waals surface area contributed by atoms with Crippen LogP contribution in [-0.2, 0) is 10.1 Å². The van der Waals surface area contributed by atoms with Crippen molar-refractivity contribution in [1.29, 1.82) is 0 Å². The van der Waals surface area contributed by atoms with Gasteiger partial charge in [-0.15, -0.1) is 0 Å². The zero-order valence-corrected chi connectivity index (χ0v) is 9.09. The van der Waals surface area contributed by atoms with E-state index < -0.39 is 10.1 Å². The molecular weight excluding hydrogens is 226 g/mol. The van der Waals surface area contributed by atoms with Crippen molar-refractivity contribution in [3.63, 3.8) is 0 Å². The summed E-state index contributed by atoms with van der Waals surface area (Å²) in [5, 5.41) is 0. The summed E-state index contributed by atoms with van der Waals surface area (Å²) < 4.78 is 28.4. The van der Waals surface area contributed by atoms with Crippen molar-refractivity contribution in [1.82, 2.24) is 4.98 Å². The van der Waals surface area contributed by atoms with Gasteiger partial charge >= 0.3 is 10.1 Å². The van der Waals surface area contributed by atoms with Crippen LogP contribution >= 0.6 is 0 Å². The summed E-state index contributed by atoms with van der Waals surface area (Å²) in [7, 11) is -3.75. The van der Waals surface area contributed by atoms with E-state index in [-0.39, 0.29) is 10.6 Å². The third-order valence-electron chi connectivity index (χ3n) is 1.87. The largest absolute Gasteiger partial charge is 0.377 e. The quantitative estimate of drug-likeness (QED) is 0.762. The van der Waals surface area contributed by atoms with Crippen LogP contribution < -0.4 is 4.18 Å². The van der Waals surface area contributed by atoms with Crippen LogP contribution in [-0.4, -0.2) is 13.4 Å². The van der Waals surface area contributed by atoms with E-state index in [4.69, 9.17) is 4.18 Å². The lowest BCUT2D eigenvalue weighted by Gasteiger charge is -2.05. The fourth-order valence-electron chi connectivity index (χ4n) is 1.16. The van der Waals surface area contributed by atoms with Crippen LogP contribution in [0.15, 0.2) is 59.8 Å². The van der Waals surface area contributed by atoms with Crippen LogP contribution in [0.2, 0.25) is 0 Å². The molecule has 4 nitrogen and oxygen atoms in total. The SMILES string of the molecule is O=S(=O)(Oc1cccnc1)c1ccccc1. The first-order chi connectivity index (χ1) is 7.68. The summed E-state index contributed by atoms with van der Waals surface area (Å²) >= 11 is 0. The van der Waals surface area contributed by atoms with E-state index in [9.17, 15) is 8.42 Å². The van der Waals surface area contributed by atoms with Crippen LogP contribution in [0.3, 0.4) is 0 Å². The highest BCUT2D eigenvalue weighted by atomic mass is 32.2. The lowest BCUT2D eigenvalue weighted by atomic mass is 10.4. The standard InChI is InChI=1S/C11H9NO3S/c13-16(14,11-6-2-1-3-7-11)15-10-5-4-8-12-9-10/h1-9H. The van der Waals surface area contributed by atoms with Gasteiger partial charge in [0.15, 0.2) is 5.75 Å². The lowest BCUT2D eigenvalue weighted by molar-refractivity contribution is 0.485. The third-order valence-corrected chi connectivity index (χ3v) is 3.13. The zero-order chi connectivity index (χ0) is 11.4. The van der Waals surface area contributed by atoms with E-state index >= 15 is 0 Å². The van der Waals surface area contributed by atoms with E-state index in [1.165, 1.54) is 24.4 Å². The molecule has 0 bridgehead atoms. The van der Waals surface area contributed by atoms with E-state index in [1.54, 1.807) is 30.5 Å². The molecule has 0 fully saturated rings. The van der Waals surface area contributed by atoms with Crippen molar-refractivity contribution in [3.05, 3.63) is 54.9 Å². The number of rotatable bonds is 3. The van der Waals surface area contributed by atoms with Crippen LogP contribution in [0, 0.1) is 0 Å². The Morgan fingerprint density at radius 3 is 2.38 bits per heavy atom. The Morgan fingerprint density at radius 1 is 1.00 bits per heavy atom. The van der Waals surface area contributed by atoms with Gasteiger partial charge < -0.3 is 4.18 Å². The molecule has 2 aromatic rings. The highest BCUT2D eigenvalue weighted by Gasteiger charge is 2.15. The van der Waals surface area contributed by atoms with Crippen LogP contribution in [0.1, 0.15) is 0 Å². The fourth-order valence-corrected chi connectivity index (χ4v) is 2.10. The summed E-state index contributed by atoms with van der Waals surface area (Å²) in [6.45, 7) is 0. The molecule has 1 aromatic heterocycles. The summed E-state index contributed by atoms with van der Waals surface area (Å²) in [6, 6.07) is 11.1. The van der Waals surface area contributed by atoms with Crippen molar-refractivity contribution in [2.24, 2.45) is 0 Å². The Morgan fingerprint density at radius 2 is 1.75 bits per heavy atom. The fraction of sp³-hybridized carbons (Fsp3) is 0. The van der Waals surface area contributed by atoms with Gasteiger partial charge in [-0.25, -0.2) is 0 Å². The maximum atomic E-state index is 11.8. The van der Waals surface area contributed by atoms with Gasteiger partial charge in [-0.2, -0.15) is 8.42 Å². The monoisotopic (exact) mass is 235 g/mol. The molecule has 0 aliphatic carbocycles. The van der Waals surface area contributed by atoms with Crippen LogP contribution in [0.25, 0.3) is 0 Å². The average Bonchev–Trinajstić information content (AvgIpc) is 2.31. The lowest BCUT2D eigenvalue weighted by Crippen LogP contribution is -2.09. The minimum absolute atomic E-state index is 0.124. The molecule has 0 aliphatic heterocycles. The molecule has 1 aromatic carbocycles. The second kappa shape index (κ2) is 4.32. The molecule has 82 valence electrons. The van der Waals surface area contributed by atoms with Gasteiger partial charge in [0.2, 0.25) is 0 Å². The normalized spacial score (nSPS) is 11.0. The van der Waals surface area contributed by atoms with Crippen molar-refractivity contribution < 1.29 is 12.6 Å². The number of benzene rings is 1. The molecule has 0 unspecified atom stereocenters. The Bertz CT molecular complexity index is 552. The van der Waals surface area contributed by atoms with Gasteiger partial charge in [-0.1, -0.05) is 18.2 Å². The Balaban J connectivity index is 2.29. The van der Waals surface area contributed by atoms with Crippen LogP contribution in [0.5, 0.6) is 5.75 Å². The van der Waals surface area contributed by atoms with Gasteiger partial charge in [-0.05, 0) is 24.3 Å². The van der Waals surface area contributed by atoms with E-state index in [0.717, 1.165) is 0 Å². The molecule has 16 heavy (non-hydrogen) atoms. The number of pyridine rings is 1. The highest BCUT2D eigenvalue weighted by molar-refractivity contribution is 7.87.